The second kappa shape index (κ2) is 6.39. The van der Waals surface area contributed by atoms with E-state index in [1.807, 2.05) is 0 Å². The number of hydrogen-bond donors (Lipinski definition) is 1. The van der Waals surface area contributed by atoms with Gasteiger partial charge in [-0.1, -0.05) is 12.1 Å². The summed E-state index contributed by atoms with van der Waals surface area (Å²) in [7, 11) is -4.05. The summed E-state index contributed by atoms with van der Waals surface area (Å²) in [6.45, 7) is 0.270. The van der Waals surface area contributed by atoms with Crippen molar-refractivity contribution in [3.8, 4) is 5.75 Å². The number of benzene rings is 1. The first-order valence-electron chi connectivity index (χ1n) is 5.80. The van der Waals surface area contributed by atoms with Gasteiger partial charge in [0.25, 0.3) is 0 Å². The fraction of sp³-hybridized carbons (Fsp3) is 0.455. The van der Waals surface area contributed by atoms with E-state index in [0.29, 0.717) is 6.42 Å². The minimum Gasteiger partial charge on any atom is -0.404 e. The van der Waals surface area contributed by atoms with Gasteiger partial charge in [-0.15, -0.1) is 25.6 Å². The van der Waals surface area contributed by atoms with Crippen LogP contribution in [0.1, 0.15) is 6.42 Å². The Balaban J connectivity index is 0.00000220. The van der Waals surface area contributed by atoms with Gasteiger partial charge < -0.3 is 10.5 Å². The first-order valence-corrected chi connectivity index (χ1v) is 7.24. The standard InChI is InChI=1S/C11H13F3N2O3S.ClH/c12-11(13,14)19-9-3-1-2-4-10(9)20(17,18)16-6-5-8(15)7-16;/h1-4,8H,5-7,15H2;1H/t8-;/m1./s1. The number of nitrogens with two attached hydrogens (primary N) is 1. The number of alkyl halides is 3. The molecular weight excluding hydrogens is 333 g/mol. The molecule has 0 amide bonds. The Bertz CT molecular complexity index is 595. The van der Waals surface area contributed by atoms with Crippen LogP contribution in [0.3, 0.4) is 0 Å². The Morgan fingerprint density at radius 1 is 1.29 bits per heavy atom. The number of hydrogen-bond acceptors (Lipinski definition) is 4. The van der Waals surface area contributed by atoms with Gasteiger partial charge in [-0.05, 0) is 18.6 Å². The quantitative estimate of drug-likeness (QED) is 0.904. The van der Waals surface area contributed by atoms with E-state index in [0.717, 1.165) is 16.4 Å². The molecule has 1 heterocycles. The highest BCUT2D eigenvalue weighted by atomic mass is 35.5. The highest BCUT2D eigenvalue weighted by Crippen LogP contribution is 2.32. The smallest absolute Gasteiger partial charge is 0.404 e. The first-order chi connectivity index (χ1) is 9.20. The molecule has 21 heavy (non-hydrogen) atoms. The van der Waals surface area contributed by atoms with Crippen LogP contribution in [0.5, 0.6) is 5.75 Å². The highest BCUT2D eigenvalue weighted by Gasteiger charge is 2.37. The maximum absolute atomic E-state index is 12.3. The van der Waals surface area contributed by atoms with E-state index in [2.05, 4.69) is 4.74 Å². The van der Waals surface area contributed by atoms with Crippen LogP contribution >= 0.6 is 12.4 Å². The fourth-order valence-corrected chi connectivity index (χ4v) is 3.61. The lowest BCUT2D eigenvalue weighted by Crippen LogP contribution is -2.32. The van der Waals surface area contributed by atoms with Crippen molar-refractivity contribution in [2.45, 2.75) is 23.7 Å². The van der Waals surface area contributed by atoms with E-state index in [4.69, 9.17) is 5.73 Å². The molecule has 120 valence electrons. The lowest BCUT2D eigenvalue weighted by atomic mass is 10.3. The van der Waals surface area contributed by atoms with Crippen molar-refractivity contribution in [2.75, 3.05) is 13.1 Å². The normalized spacial score (nSPS) is 20.1. The SMILES string of the molecule is Cl.N[C@@H]1CCN(S(=O)(=O)c2ccccc2OC(F)(F)F)C1. The molecule has 5 nitrogen and oxygen atoms in total. The summed E-state index contributed by atoms with van der Waals surface area (Å²) in [6.07, 6.45) is -4.48. The van der Waals surface area contributed by atoms with Crippen molar-refractivity contribution in [3.63, 3.8) is 0 Å². The molecule has 0 saturated carbocycles. The third kappa shape index (κ3) is 4.22. The molecule has 0 aromatic heterocycles. The van der Waals surface area contributed by atoms with Gasteiger partial charge in [-0.25, -0.2) is 8.42 Å². The van der Waals surface area contributed by atoms with Crippen LogP contribution in [0.4, 0.5) is 13.2 Å². The molecule has 2 N–H and O–H groups in total. The number of halogens is 4. The summed E-state index contributed by atoms with van der Waals surface area (Å²) in [6, 6.07) is 4.36. The molecular formula is C11H14ClF3N2O3S. The maximum atomic E-state index is 12.3. The number of sulfonamides is 1. The van der Waals surface area contributed by atoms with Gasteiger partial charge in [0, 0.05) is 19.1 Å². The van der Waals surface area contributed by atoms with Crippen molar-refractivity contribution in [1.82, 2.24) is 4.31 Å². The van der Waals surface area contributed by atoms with E-state index < -0.39 is 27.0 Å². The molecule has 10 heteroatoms. The molecule has 1 aliphatic heterocycles. The predicted molar refractivity (Wildman–Crippen MR) is 71.7 cm³/mol. The summed E-state index contributed by atoms with van der Waals surface area (Å²) in [5, 5.41) is 0. The number of nitrogens with zero attached hydrogens (tertiary/aromatic N) is 1. The molecule has 0 unspecified atom stereocenters. The van der Waals surface area contributed by atoms with E-state index in [-0.39, 0.29) is 31.5 Å². The van der Waals surface area contributed by atoms with Gasteiger partial charge in [0.2, 0.25) is 10.0 Å². The average molecular weight is 347 g/mol. The number of para-hydroxylation sites is 1. The zero-order valence-corrected chi connectivity index (χ0v) is 12.3. The second-order valence-electron chi connectivity index (χ2n) is 4.41. The van der Waals surface area contributed by atoms with Crippen LogP contribution in [0.2, 0.25) is 0 Å². The van der Waals surface area contributed by atoms with Crippen molar-refractivity contribution in [3.05, 3.63) is 24.3 Å². The summed E-state index contributed by atoms with van der Waals surface area (Å²) < 4.78 is 66.3. The van der Waals surface area contributed by atoms with E-state index in [1.54, 1.807) is 0 Å². The third-order valence-electron chi connectivity index (χ3n) is 2.88. The van der Waals surface area contributed by atoms with Crippen LogP contribution in [-0.4, -0.2) is 38.2 Å². The molecule has 1 atom stereocenters. The first kappa shape index (κ1) is 18.0. The van der Waals surface area contributed by atoms with Crippen LogP contribution < -0.4 is 10.5 Å². The highest BCUT2D eigenvalue weighted by molar-refractivity contribution is 7.89. The van der Waals surface area contributed by atoms with Gasteiger partial charge in [-0.3, -0.25) is 0 Å². The van der Waals surface area contributed by atoms with E-state index in [9.17, 15) is 21.6 Å². The molecule has 0 spiro atoms. The van der Waals surface area contributed by atoms with Crippen LogP contribution in [-0.2, 0) is 10.0 Å². The number of rotatable bonds is 3. The maximum Gasteiger partial charge on any atom is 0.573 e. The van der Waals surface area contributed by atoms with E-state index in [1.165, 1.54) is 12.1 Å². The Morgan fingerprint density at radius 3 is 2.43 bits per heavy atom. The third-order valence-corrected chi connectivity index (χ3v) is 4.78. The topological polar surface area (TPSA) is 72.6 Å². The van der Waals surface area contributed by atoms with Crippen LogP contribution in [0.15, 0.2) is 29.2 Å². The van der Waals surface area contributed by atoms with Gasteiger partial charge in [0.1, 0.15) is 10.6 Å². The molecule has 1 aliphatic rings. The lowest BCUT2D eigenvalue weighted by molar-refractivity contribution is -0.275. The molecule has 1 saturated heterocycles. The van der Waals surface area contributed by atoms with Crippen molar-refractivity contribution >= 4 is 22.4 Å². The summed E-state index contributed by atoms with van der Waals surface area (Å²) >= 11 is 0. The van der Waals surface area contributed by atoms with Gasteiger partial charge >= 0.3 is 6.36 Å². The summed E-state index contributed by atoms with van der Waals surface area (Å²) in [4.78, 5) is -0.508. The molecule has 1 aromatic rings. The predicted octanol–water partition coefficient (Wildman–Crippen LogP) is 1.73. The minimum atomic E-state index is -4.95. The largest absolute Gasteiger partial charge is 0.573 e. The van der Waals surface area contributed by atoms with Crippen molar-refractivity contribution < 1.29 is 26.3 Å². The number of ether oxygens (including phenoxy) is 1. The second-order valence-corrected chi connectivity index (χ2v) is 6.31. The summed E-state index contributed by atoms with van der Waals surface area (Å²) in [5.41, 5.74) is 5.62. The Labute approximate surface area is 126 Å². The summed E-state index contributed by atoms with van der Waals surface area (Å²) in [5.74, 6) is -0.736. The zero-order valence-electron chi connectivity index (χ0n) is 10.7. The Morgan fingerprint density at radius 2 is 1.90 bits per heavy atom. The monoisotopic (exact) mass is 346 g/mol. The molecule has 2 rings (SSSR count). The van der Waals surface area contributed by atoms with Gasteiger partial charge in [0.15, 0.2) is 0 Å². The molecule has 0 bridgehead atoms. The molecule has 0 aliphatic carbocycles. The zero-order chi connectivity index (χ0) is 15.0. The molecule has 1 fully saturated rings. The molecule has 1 aromatic carbocycles. The lowest BCUT2D eigenvalue weighted by Gasteiger charge is -2.19. The Hall–Kier alpha value is -1.03. The van der Waals surface area contributed by atoms with Crippen molar-refractivity contribution in [1.29, 1.82) is 0 Å². The van der Waals surface area contributed by atoms with E-state index >= 15 is 0 Å². The van der Waals surface area contributed by atoms with Gasteiger partial charge in [-0.2, -0.15) is 4.31 Å². The van der Waals surface area contributed by atoms with Crippen LogP contribution in [0.25, 0.3) is 0 Å². The average Bonchev–Trinajstić information content (AvgIpc) is 2.75. The van der Waals surface area contributed by atoms with Crippen molar-refractivity contribution in [2.24, 2.45) is 5.73 Å². The van der Waals surface area contributed by atoms with Crippen LogP contribution in [0, 0.1) is 0 Å². The Kier molecular flexibility index (Phi) is 5.48. The molecule has 0 radical (unpaired) electrons. The minimum absolute atomic E-state index is 0. The fourth-order valence-electron chi connectivity index (χ4n) is 1.98. The van der Waals surface area contributed by atoms with Gasteiger partial charge in [0.05, 0.1) is 0 Å².